The van der Waals surface area contributed by atoms with E-state index in [1.54, 1.807) is 4.57 Å². The van der Waals surface area contributed by atoms with Crippen LogP contribution in [0.3, 0.4) is 0 Å². The second-order valence-corrected chi connectivity index (χ2v) is 8.27. The summed E-state index contributed by atoms with van der Waals surface area (Å²) in [5, 5.41) is 12.6. The van der Waals surface area contributed by atoms with Gasteiger partial charge in [-0.1, -0.05) is 72.4 Å². The lowest BCUT2D eigenvalue weighted by atomic mass is 10.1. The predicted molar refractivity (Wildman–Crippen MR) is 117 cm³/mol. The lowest BCUT2D eigenvalue weighted by Crippen LogP contribution is -2.24. The Morgan fingerprint density at radius 2 is 1.75 bits per heavy atom. The smallest absolute Gasteiger partial charge is 0.263 e. The monoisotopic (exact) mass is 408 g/mol. The van der Waals surface area contributed by atoms with Crippen molar-refractivity contribution in [2.24, 2.45) is 0 Å². The standard InChI is InChI=1S/C22H20N2O2S2/c25-13-14-27-22-23-20-19(18(15-28-20)17-9-5-2-6-10-17)21(26)24(22)12-11-16-7-3-1-4-8-16/h1-10,15,25H,11-14H2. The molecule has 2 aromatic carbocycles. The largest absolute Gasteiger partial charge is 0.396 e. The fourth-order valence-corrected chi connectivity index (χ4v) is 4.92. The van der Waals surface area contributed by atoms with Gasteiger partial charge in [-0.15, -0.1) is 11.3 Å². The number of hydrogen-bond acceptors (Lipinski definition) is 5. The van der Waals surface area contributed by atoms with Crippen LogP contribution in [0.15, 0.2) is 76.0 Å². The summed E-state index contributed by atoms with van der Waals surface area (Å²) in [5.74, 6) is 0.514. The zero-order chi connectivity index (χ0) is 19.3. The molecule has 0 aliphatic carbocycles. The molecule has 2 heterocycles. The van der Waals surface area contributed by atoms with Crippen molar-refractivity contribution in [2.45, 2.75) is 18.1 Å². The molecule has 1 N–H and O–H groups in total. The topological polar surface area (TPSA) is 55.1 Å². The van der Waals surface area contributed by atoms with E-state index in [4.69, 9.17) is 4.98 Å². The number of aryl methyl sites for hydroxylation is 1. The molecular formula is C22H20N2O2S2. The highest BCUT2D eigenvalue weighted by atomic mass is 32.2. The average molecular weight is 409 g/mol. The minimum absolute atomic E-state index is 0.0125. The predicted octanol–water partition coefficient (Wildman–Crippen LogP) is 4.45. The molecule has 0 radical (unpaired) electrons. The Kier molecular flexibility index (Phi) is 5.90. The van der Waals surface area contributed by atoms with Crippen LogP contribution in [-0.2, 0) is 13.0 Å². The lowest BCUT2D eigenvalue weighted by molar-refractivity contribution is 0.322. The molecule has 0 aliphatic rings. The van der Waals surface area contributed by atoms with Crippen molar-refractivity contribution in [3.63, 3.8) is 0 Å². The van der Waals surface area contributed by atoms with Crippen molar-refractivity contribution in [3.05, 3.63) is 82.0 Å². The highest BCUT2D eigenvalue weighted by Gasteiger charge is 2.17. The molecule has 0 saturated heterocycles. The van der Waals surface area contributed by atoms with Gasteiger partial charge in [0.2, 0.25) is 0 Å². The Labute approximate surface area is 171 Å². The van der Waals surface area contributed by atoms with Gasteiger partial charge in [0.25, 0.3) is 5.56 Å². The van der Waals surface area contributed by atoms with Gasteiger partial charge in [0.05, 0.1) is 12.0 Å². The van der Waals surface area contributed by atoms with E-state index in [0.717, 1.165) is 22.4 Å². The Hall–Kier alpha value is -2.41. The van der Waals surface area contributed by atoms with Crippen molar-refractivity contribution in [2.75, 3.05) is 12.4 Å². The van der Waals surface area contributed by atoms with Gasteiger partial charge < -0.3 is 5.11 Å². The third-order valence-corrected chi connectivity index (χ3v) is 6.36. The SMILES string of the molecule is O=c1c2c(-c3ccccc3)csc2nc(SCCO)n1CCc1ccccc1. The molecule has 0 amide bonds. The Morgan fingerprint density at radius 3 is 2.46 bits per heavy atom. The van der Waals surface area contributed by atoms with Crippen LogP contribution >= 0.6 is 23.1 Å². The fraction of sp³-hybridized carbons (Fsp3) is 0.182. The molecule has 4 nitrogen and oxygen atoms in total. The quantitative estimate of drug-likeness (QED) is 0.363. The van der Waals surface area contributed by atoms with E-state index < -0.39 is 0 Å². The zero-order valence-corrected chi connectivity index (χ0v) is 16.9. The molecule has 0 fully saturated rings. The van der Waals surface area contributed by atoms with Gasteiger partial charge in [-0.3, -0.25) is 9.36 Å². The highest BCUT2D eigenvalue weighted by molar-refractivity contribution is 7.99. The summed E-state index contributed by atoms with van der Waals surface area (Å²) in [6.07, 6.45) is 0.755. The number of aliphatic hydroxyl groups is 1. The lowest BCUT2D eigenvalue weighted by Gasteiger charge is -2.12. The third-order valence-electron chi connectivity index (χ3n) is 4.53. The minimum atomic E-state index is -0.0125. The summed E-state index contributed by atoms with van der Waals surface area (Å²) in [4.78, 5) is 19.0. The molecule has 4 aromatic rings. The molecule has 0 saturated carbocycles. The summed E-state index contributed by atoms with van der Waals surface area (Å²) >= 11 is 2.92. The van der Waals surface area contributed by atoms with Crippen LogP contribution in [-0.4, -0.2) is 27.0 Å². The Balaban J connectivity index is 1.80. The van der Waals surface area contributed by atoms with E-state index in [9.17, 15) is 9.90 Å². The van der Waals surface area contributed by atoms with Crippen molar-refractivity contribution in [1.82, 2.24) is 9.55 Å². The number of fused-ring (bicyclic) bond motifs is 1. The molecule has 2 aromatic heterocycles. The van der Waals surface area contributed by atoms with Gasteiger partial charge in [-0.2, -0.15) is 0 Å². The normalized spacial score (nSPS) is 11.2. The summed E-state index contributed by atoms with van der Waals surface area (Å²) < 4.78 is 1.76. The molecule has 0 unspecified atom stereocenters. The number of aromatic nitrogens is 2. The number of aliphatic hydroxyl groups excluding tert-OH is 1. The van der Waals surface area contributed by atoms with E-state index in [-0.39, 0.29) is 12.2 Å². The average Bonchev–Trinajstić information content (AvgIpc) is 3.17. The first kappa shape index (κ1) is 18.9. The number of rotatable bonds is 7. The summed E-state index contributed by atoms with van der Waals surface area (Å²) in [5.41, 5.74) is 3.13. The maximum absolute atomic E-state index is 13.4. The molecule has 0 atom stereocenters. The second-order valence-electron chi connectivity index (χ2n) is 6.35. The van der Waals surface area contributed by atoms with Gasteiger partial charge in [-0.05, 0) is 17.5 Å². The van der Waals surface area contributed by atoms with Crippen LogP contribution in [0.4, 0.5) is 0 Å². The van der Waals surface area contributed by atoms with Crippen molar-refractivity contribution in [1.29, 1.82) is 0 Å². The first-order valence-electron chi connectivity index (χ1n) is 9.13. The number of thioether (sulfide) groups is 1. The van der Waals surface area contributed by atoms with E-state index in [1.807, 2.05) is 53.9 Å². The maximum Gasteiger partial charge on any atom is 0.263 e. The van der Waals surface area contributed by atoms with Crippen LogP contribution in [0.2, 0.25) is 0 Å². The Bertz CT molecular complexity index is 1120. The molecule has 0 aliphatic heterocycles. The van der Waals surface area contributed by atoms with Crippen LogP contribution in [0.5, 0.6) is 0 Å². The first-order chi connectivity index (χ1) is 13.8. The van der Waals surface area contributed by atoms with Crippen molar-refractivity contribution >= 4 is 33.3 Å². The van der Waals surface area contributed by atoms with E-state index in [0.29, 0.717) is 22.8 Å². The number of benzene rings is 2. The van der Waals surface area contributed by atoms with Gasteiger partial charge in [0.15, 0.2) is 5.16 Å². The molecule has 6 heteroatoms. The van der Waals surface area contributed by atoms with E-state index >= 15 is 0 Å². The van der Waals surface area contributed by atoms with Crippen molar-refractivity contribution < 1.29 is 5.11 Å². The van der Waals surface area contributed by atoms with Crippen LogP contribution < -0.4 is 5.56 Å². The molecule has 28 heavy (non-hydrogen) atoms. The zero-order valence-electron chi connectivity index (χ0n) is 15.2. The van der Waals surface area contributed by atoms with Gasteiger partial charge in [0.1, 0.15) is 4.83 Å². The molecule has 4 rings (SSSR count). The summed E-state index contributed by atoms with van der Waals surface area (Å²) in [6, 6.07) is 20.1. The summed E-state index contributed by atoms with van der Waals surface area (Å²) in [6.45, 7) is 0.612. The number of thiophene rings is 1. The van der Waals surface area contributed by atoms with E-state index in [1.165, 1.54) is 28.7 Å². The van der Waals surface area contributed by atoms with Crippen LogP contribution in [0, 0.1) is 0 Å². The van der Waals surface area contributed by atoms with Crippen LogP contribution in [0.1, 0.15) is 5.56 Å². The third kappa shape index (κ3) is 3.90. The number of hydrogen-bond donors (Lipinski definition) is 1. The van der Waals surface area contributed by atoms with E-state index in [2.05, 4.69) is 12.1 Å². The fourth-order valence-electron chi connectivity index (χ4n) is 3.17. The minimum Gasteiger partial charge on any atom is -0.396 e. The Morgan fingerprint density at radius 1 is 1.04 bits per heavy atom. The van der Waals surface area contributed by atoms with Gasteiger partial charge >= 0.3 is 0 Å². The van der Waals surface area contributed by atoms with Crippen LogP contribution in [0.25, 0.3) is 21.3 Å². The first-order valence-corrected chi connectivity index (χ1v) is 11.0. The molecule has 0 bridgehead atoms. The molecule has 0 spiro atoms. The van der Waals surface area contributed by atoms with Gasteiger partial charge in [0, 0.05) is 23.2 Å². The molecule has 142 valence electrons. The summed E-state index contributed by atoms with van der Waals surface area (Å²) in [7, 11) is 0. The number of nitrogens with zero attached hydrogens (tertiary/aromatic N) is 2. The molecular weight excluding hydrogens is 388 g/mol. The van der Waals surface area contributed by atoms with Crippen molar-refractivity contribution in [3.8, 4) is 11.1 Å². The van der Waals surface area contributed by atoms with Gasteiger partial charge in [-0.25, -0.2) is 4.98 Å². The second kappa shape index (κ2) is 8.73. The maximum atomic E-state index is 13.4. The highest BCUT2D eigenvalue weighted by Crippen LogP contribution is 2.32.